The van der Waals surface area contributed by atoms with Gasteiger partial charge in [-0.3, -0.25) is 0 Å². The predicted molar refractivity (Wildman–Crippen MR) is 77.3 cm³/mol. The summed E-state index contributed by atoms with van der Waals surface area (Å²) < 4.78 is 0. The third kappa shape index (κ3) is 5.69. The summed E-state index contributed by atoms with van der Waals surface area (Å²) in [5.74, 6) is 0.614. The maximum atomic E-state index is 3.40. The highest BCUT2D eigenvalue weighted by Gasteiger charge is 1.96. The van der Waals surface area contributed by atoms with E-state index in [0.717, 1.165) is 13.0 Å². The fraction of sp³-hybridized carbons (Fsp3) is 0.500. The van der Waals surface area contributed by atoms with Crippen LogP contribution in [-0.4, -0.2) is 12.6 Å². The number of hydrogen-bond donors (Lipinski definition) is 1. The number of nitrogens with one attached hydrogen (secondary N) is 1. The highest BCUT2D eigenvalue weighted by molar-refractivity contribution is 5.49. The quantitative estimate of drug-likeness (QED) is 0.723. The molecule has 0 heterocycles. The molecular weight excluding hydrogens is 206 g/mol. The van der Waals surface area contributed by atoms with Crippen LogP contribution in [0.5, 0.6) is 0 Å². The molecule has 0 unspecified atom stereocenters. The second-order valence-electron chi connectivity index (χ2n) is 5.12. The second-order valence-corrected chi connectivity index (χ2v) is 5.12. The van der Waals surface area contributed by atoms with Crippen molar-refractivity contribution < 1.29 is 0 Å². The fourth-order valence-electron chi connectivity index (χ4n) is 1.67. The van der Waals surface area contributed by atoms with Crippen LogP contribution in [0.3, 0.4) is 0 Å². The molecule has 0 saturated heterocycles. The zero-order valence-electron chi connectivity index (χ0n) is 11.5. The van der Waals surface area contributed by atoms with E-state index in [1.165, 1.54) is 11.1 Å². The van der Waals surface area contributed by atoms with Crippen molar-refractivity contribution in [3.8, 4) is 0 Å². The van der Waals surface area contributed by atoms with Crippen molar-refractivity contribution in [3.63, 3.8) is 0 Å². The molecule has 0 aromatic heterocycles. The molecule has 0 atom stereocenters. The topological polar surface area (TPSA) is 12.0 Å². The highest BCUT2D eigenvalue weighted by atomic mass is 14.9. The van der Waals surface area contributed by atoms with Crippen LogP contribution >= 0.6 is 0 Å². The van der Waals surface area contributed by atoms with Gasteiger partial charge in [0.15, 0.2) is 0 Å². The first-order valence-corrected chi connectivity index (χ1v) is 6.59. The Hall–Kier alpha value is -1.08. The maximum Gasteiger partial charge on any atom is 0.00105 e. The Balaban J connectivity index is 2.38. The summed E-state index contributed by atoms with van der Waals surface area (Å²) >= 11 is 0. The molecule has 0 aliphatic heterocycles. The van der Waals surface area contributed by atoms with E-state index in [4.69, 9.17) is 0 Å². The van der Waals surface area contributed by atoms with E-state index in [9.17, 15) is 0 Å². The van der Waals surface area contributed by atoms with Crippen LogP contribution < -0.4 is 5.32 Å². The van der Waals surface area contributed by atoms with E-state index in [1.807, 2.05) is 0 Å². The molecule has 94 valence electrons. The molecule has 0 aliphatic carbocycles. The lowest BCUT2D eigenvalue weighted by molar-refractivity contribution is 0.595. The Bertz CT molecular complexity index is 333. The summed E-state index contributed by atoms with van der Waals surface area (Å²) in [6, 6.07) is 9.41. The van der Waals surface area contributed by atoms with Gasteiger partial charge in [0.25, 0.3) is 0 Å². The monoisotopic (exact) mass is 231 g/mol. The lowest BCUT2D eigenvalue weighted by Gasteiger charge is -2.05. The third-order valence-electron chi connectivity index (χ3n) is 2.78. The molecule has 17 heavy (non-hydrogen) atoms. The van der Waals surface area contributed by atoms with Crippen molar-refractivity contribution in [1.29, 1.82) is 0 Å². The van der Waals surface area contributed by atoms with Crippen LogP contribution in [0.4, 0.5) is 0 Å². The van der Waals surface area contributed by atoms with Gasteiger partial charge >= 0.3 is 0 Å². The minimum absolute atomic E-state index is 0.578. The molecule has 1 nitrogen and oxygen atoms in total. The normalized spacial score (nSPS) is 11.9. The van der Waals surface area contributed by atoms with Gasteiger partial charge in [-0.2, -0.15) is 0 Å². The summed E-state index contributed by atoms with van der Waals surface area (Å²) in [6.07, 6.45) is 5.52. The molecule has 0 bridgehead atoms. The molecule has 0 saturated carbocycles. The molecule has 0 fully saturated rings. The maximum absolute atomic E-state index is 3.40. The van der Waals surface area contributed by atoms with Crippen LogP contribution in [0.15, 0.2) is 30.3 Å². The van der Waals surface area contributed by atoms with Gasteiger partial charge in [0.2, 0.25) is 0 Å². The molecule has 1 aromatic rings. The highest BCUT2D eigenvalue weighted by Crippen LogP contribution is 2.15. The predicted octanol–water partition coefficient (Wildman–Crippen LogP) is 4.21. The Kier molecular flexibility index (Phi) is 5.99. The van der Waals surface area contributed by atoms with Gasteiger partial charge in [0, 0.05) is 6.04 Å². The Morgan fingerprint density at radius 2 is 1.71 bits per heavy atom. The average molecular weight is 231 g/mol. The Morgan fingerprint density at radius 3 is 2.24 bits per heavy atom. The zero-order chi connectivity index (χ0) is 12.7. The first-order valence-electron chi connectivity index (χ1n) is 6.59. The van der Waals surface area contributed by atoms with Crippen molar-refractivity contribution in [3.05, 3.63) is 41.5 Å². The minimum atomic E-state index is 0.578. The molecular formula is C16H25N. The average Bonchev–Trinajstić information content (AvgIpc) is 2.29. The van der Waals surface area contributed by atoms with Crippen molar-refractivity contribution in [2.24, 2.45) is 0 Å². The first kappa shape index (κ1) is 14.0. The fourth-order valence-corrected chi connectivity index (χ4v) is 1.67. The SMILES string of the molecule is CC(C)NCCC=Cc1ccc(C(C)C)cc1. The van der Waals surface area contributed by atoms with E-state index < -0.39 is 0 Å². The van der Waals surface area contributed by atoms with Gasteiger partial charge in [-0.1, -0.05) is 64.1 Å². The minimum Gasteiger partial charge on any atom is -0.314 e. The molecule has 0 spiro atoms. The molecule has 1 N–H and O–H groups in total. The summed E-state index contributed by atoms with van der Waals surface area (Å²) in [7, 11) is 0. The summed E-state index contributed by atoms with van der Waals surface area (Å²) in [5.41, 5.74) is 2.70. The van der Waals surface area contributed by atoms with E-state index >= 15 is 0 Å². The van der Waals surface area contributed by atoms with Crippen LogP contribution in [0, 0.1) is 0 Å². The number of hydrogen-bond acceptors (Lipinski definition) is 1. The molecule has 1 aromatic carbocycles. The van der Waals surface area contributed by atoms with Gasteiger partial charge in [0.05, 0.1) is 0 Å². The lowest BCUT2D eigenvalue weighted by atomic mass is 10.0. The van der Waals surface area contributed by atoms with Crippen LogP contribution in [0.2, 0.25) is 0 Å². The van der Waals surface area contributed by atoms with Crippen molar-refractivity contribution in [1.82, 2.24) is 5.32 Å². The summed E-state index contributed by atoms with van der Waals surface area (Å²) in [5, 5.41) is 3.40. The number of rotatable bonds is 6. The summed E-state index contributed by atoms with van der Waals surface area (Å²) in [6.45, 7) is 9.85. The second kappa shape index (κ2) is 7.29. The van der Waals surface area contributed by atoms with Crippen LogP contribution in [0.25, 0.3) is 6.08 Å². The van der Waals surface area contributed by atoms with Gasteiger partial charge in [-0.15, -0.1) is 0 Å². The summed E-state index contributed by atoms with van der Waals surface area (Å²) in [4.78, 5) is 0. The smallest absolute Gasteiger partial charge is 0.00105 e. The van der Waals surface area contributed by atoms with Crippen molar-refractivity contribution >= 4 is 6.08 Å². The number of benzene rings is 1. The molecule has 0 aliphatic rings. The largest absolute Gasteiger partial charge is 0.314 e. The van der Waals surface area contributed by atoms with E-state index in [-0.39, 0.29) is 0 Å². The first-order chi connectivity index (χ1) is 8.09. The van der Waals surface area contributed by atoms with Crippen molar-refractivity contribution in [2.45, 2.75) is 46.1 Å². The van der Waals surface area contributed by atoms with E-state index in [1.54, 1.807) is 0 Å². The third-order valence-corrected chi connectivity index (χ3v) is 2.78. The van der Waals surface area contributed by atoms with Gasteiger partial charge in [0.1, 0.15) is 0 Å². The molecule has 0 radical (unpaired) electrons. The van der Waals surface area contributed by atoms with Crippen LogP contribution in [-0.2, 0) is 0 Å². The standard InChI is InChI=1S/C16H25N/c1-13(2)16-10-8-15(9-11-16)7-5-6-12-17-14(3)4/h5,7-11,13-14,17H,6,12H2,1-4H3. The van der Waals surface area contributed by atoms with Gasteiger partial charge in [-0.25, -0.2) is 0 Å². The van der Waals surface area contributed by atoms with Gasteiger partial charge < -0.3 is 5.32 Å². The van der Waals surface area contributed by atoms with Crippen molar-refractivity contribution in [2.75, 3.05) is 6.54 Å². The molecule has 1 heteroatoms. The lowest BCUT2D eigenvalue weighted by Crippen LogP contribution is -2.23. The van der Waals surface area contributed by atoms with E-state index in [0.29, 0.717) is 12.0 Å². The molecule has 0 amide bonds. The Morgan fingerprint density at radius 1 is 1.06 bits per heavy atom. The Labute approximate surface area is 106 Å². The van der Waals surface area contributed by atoms with Gasteiger partial charge in [-0.05, 0) is 30.0 Å². The van der Waals surface area contributed by atoms with Crippen LogP contribution in [0.1, 0.15) is 51.2 Å². The molecule has 1 rings (SSSR count). The zero-order valence-corrected chi connectivity index (χ0v) is 11.5. The van der Waals surface area contributed by atoms with E-state index in [2.05, 4.69) is 69.4 Å².